The maximum Gasteiger partial charge on any atom is 0.344 e. The first-order valence-electron chi connectivity index (χ1n) is 8.91. The van der Waals surface area contributed by atoms with Gasteiger partial charge in [-0.1, -0.05) is 18.0 Å². The molecule has 1 saturated heterocycles. The molecular weight excluding hydrogens is 362 g/mol. The van der Waals surface area contributed by atoms with Crippen molar-refractivity contribution in [2.45, 2.75) is 6.54 Å². The zero-order valence-electron chi connectivity index (χ0n) is 15.5. The Morgan fingerprint density at radius 3 is 2.81 bits per heavy atom. The third kappa shape index (κ3) is 3.79. The van der Waals surface area contributed by atoms with Crippen LogP contribution in [-0.2, 0) is 13.6 Å². The molecule has 1 aliphatic heterocycles. The molecule has 1 fully saturated rings. The summed E-state index contributed by atoms with van der Waals surface area (Å²) in [7, 11) is 1.96. The second-order valence-corrected chi connectivity index (χ2v) is 7.27. The molecule has 9 heteroatoms. The van der Waals surface area contributed by atoms with Gasteiger partial charge in [0.05, 0.1) is 11.7 Å². The lowest BCUT2D eigenvalue weighted by atomic mass is 10.1. The third-order valence-corrected chi connectivity index (χ3v) is 5.26. The van der Waals surface area contributed by atoms with Crippen molar-refractivity contribution in [2.75, 3.05) is 37.2 Å². The maximum atomic E-state index is 12.6. The van der Waals surface area contributed by atoms with Gasteiger partial charge in [0.15, 0.2) is 5.82 Å². The van der Waals surface area contributed by atoms with E-state index in [1.165, 1.54) is 22.2 Å². The third-order valence-electron chi connectivity index (χ3n) is 4.85. The SMILES string of the molecule is CSNc1ccn(C(=O)N2CCN(Cc3ccc4c(cnn4C)c3)CC2)n1. The van der Waals surface area contributed by atoms with E-state index in [0.717, 1.165) is 30.5 Å². The highest BCUT2D eigenvalue weighted by Crippen LogP contribution is 2.17. The molecule has 0 saturated carbocycles. The summed E-state index contributed by atoms with van der Waals surface area (Å²) in [4.78, 5) is 16.8. The number of carbonyl (C=O) groups excluding carboxylic acids is 1. The molecule has 1 aromatic carbocycles. The molecule has 1 amide bonds. The Morgan fingerprint density at radius 1 is 1.22 bits per heavy atom. The molecule has 0 aliphatic carbocycles. The second kappa shape index (κ2) is 7.61. The maximum absolute atomic E-state index is 12.6. The number of hydrogen-bond donors (Lipinski definition) is 1. The molecule has 4 rings (SSSR count). The van der Waals surface area contributed by atoms with E-state index >= 15 is 0 Å². The summed E-state index contributed by atoms with van der Waals surface area (Å²) in [5, 5.41) is 9.73. The van der Waals surface area contributed by atoms with E-state index < -0.39 is 0 Å². The Labute approximate surface area is 162 Å². The van der Waals surface area contributed by atoms with Crippen molar-refractivity contribution >= 4 is 34.7 Å². The molecule has 0 bridgehead atoms. The Hall–Kier alpha value is -2.52. The molecule has 1 N–H and O–H groups in total. The summed E-state index contributed by atoms with van der Waals surface area (Å²) in [6.07, 6.45) is 5.53. The van der Waals surface area contributed by atoms with Crippen LogP contribution in [0, 0.1) is 0 Å². The molecule has 3 heterocycles. The van der Waals surface area contributed by atoms with Crippen LogP contribution >= 0.6 is 11.9 Å². The molecule has 2 aromatic heterocycles. The van der Waals surface area contributed by atoms with Gasteiger partial charge in [-0.15, -0.1) is 5.10 Å². The highest BCUT2D eigenvalue weighted by Gasteiger charge is 2.23. The summed E-state index contributed by atoms with van der Waals surface area (Å²) < 4.78 is 6.33. The van der Waals surface area contributed by atoms with Crippen LogP contribution in [0.25, 0.3) is 10.9 Å². The van der Waals surface area contributed by atoms with Gasteiger partial charge in [-0.3, -0.25) is 9.58 Å². The summed E-state index contributed by atoms with van der Waals surface area (Å²) in [6, 6.07) is 8.21. The van der Waals surface area contributed by atoms with Crippen LogP contribution in [0.3, 0.4) is 0 Å². The van der Waals surface area contributed by atoms with Crippen molar-refractivity contribution in [3.05, 3.63) is 42.2 Å². The number of aryl methyl sites for hydroxylation is 1. The Bertz CT molecular complexity index is 942. The van der Waals surface area contributed by atoms with Crippen LogP contribution in [0.5, 0.6) is 0 Å². The van der Waals surface area contributed by atoms with Gasteiger partial charge in [-0.2, -0.15) is 9.78 Å². The fourth-order valence-corrected chi connectivity index (χ4v) is 3.72. The highest BCUT2D eigenvalue weighted by molar-refractivity contribution is 7.99. The van der Waals surface area contributed by atoms with Crippen LogP contribution in [0.1, 0.15) is 5.56 Å². The van der Waals surface area contributed by atoms with Crippen molar-refractivity contribution < 1.29 is 4.79 Å². The average molecular weight is 385 g/mol. The van der Waals surface area contributed by atoms with Gasteiger partial charge in [0.2, 0.25) is 0 Å². The lowest BCUT2D eigenvalue weighted by molar-refractivity contribution is 0.134. The van der Waals surface area contributed by atoms with Crippen LogP contribution < -0.4 is 4.72 Å². The summed E-state index contributed by atoms with van der Waals surface area (Å²) in [5.41, 5.74) is 2.42. The summed E-state index contributed by atoms with van der Waals surface area (Å²) in [5.74, 6) is 0.695. The van der Waals surface area contributed by atoms with Crippen molar-refractivity contribution in [1.82, 2.24) is 29.4 Å². The van der Waals surface area contributed by atoms with Crippen LogP contribution in [0.15, 0.2) is 36.7 Å². The minimum atomic E-state index is -0.0689. The van der Waals surface area contributed by atoms with Crippen molar-refractivity contribution in [2.24, 2.45) is 7.05 Å². The van der Waals surface area contributed by atoms with Gasteiger partial charge in [0.25, 0.3) is 0 Å². The standard InChI is InChI=1S/C18H23N7OS/c1-22-16-4-3-14(11-15(16)12-19-22)13-23-7-9-24(10-8-23)18(26)25-6-5-17(20-25)21-27-2/h3-6,11-12H,7-10,13H2,1-2H3,(H,20,21). The van der Waals surface area contributed by atoms with Crippen molar-refractivity contribution in [1.29, 1.82) is 0 Å². The molecule has 8 nitrogen and oxygen atoms in total. The number of amides is 1. The zero-order chi connectivity index (χ0) is 18.8. The lowest BCUT2D eigenvalue weighted by Crippen LogP contribution is -2.49. The van der Waals surface area contributed by atoms with E-state index in [-0.39, 0.29) is 6.03 Å². The Morgan fingerprint density at radius 2 is 2.04 bits per heavy atom. The quantitative estimate of drug-likeness (QED) is 0.695. The monoisotopic (exact) mass is 385 g/mol. The van der Waals surface area contributed by atoms with Gasteiger partial charge in [-0.25, -0.2) is 4.79 Å². The molecule has 1 aliphatic rings. The fourth-order valence-electron chi connectivity index (χ4n) is 3.40. The number of aromatic nitrogens is 4. The Kier molecular flexibility index (Phi) is 5.04. The van der Waals surface area contributed by atoms with Crippen LogP contribution in [-0.4, -0.2) is 67.8 Å². The van der Waals surface area contributed by atoms with E-state index in [9.17, 15) is 4.79 Å². The smallest absolute Gasteiger partial charge is 0.320 e. The average Bonchev–Trinajstić information content (AvgIpc) is 3.29. The number of piperazine rings is 1. The van der Waals surface area contributed by atoms with Crippen molar-refractivity contribution in [3.63, 3.8) is 0 Å². The van der Waals surface area contributed by atoms with Crippen molar-refractivity contribution in [3.8, 4) is 0 Å². The minimum absolute atomic E-state index is 0.0689. The van der Waals surface area contributed by atoms with E-state index in [1.807, 2.05) is 29.1 Å². The van der Waals surface area contributed by atoms with Crippen LogP contribution in [0.2, 0.25) is 0 Å². The van der Waals surface area contributed by atoms with Gasteiger partial charge < -0.3 is 9.62 Å². The highest BCUT2D eigenvalue weighted by atomic mass is 32.2. The zero-order valence-corrected chi connectivity index (χ0v) is 16.3. The van der Waals surface area contributed by atoms with E-state index in [0.29, 0.717) is 18.9 Å². The second-order valence-electron chi connectivity index (χ2n) is 6.66. The number of carbonyl (C=O) groups is 1. The summed E-state index contributed by atoms with van der Waals surface area (Å²) in [6.45, 7) is 4.01. The number of benzene rings is 1. The number of hydrogen-bond acceptors (Lipinski definition) is 6. The molecule has 0 unspecified atom stereocenters. The predicted octanol–water partition coefficient (Wildman–Crippen LogP) is 2.25. The molecule has 0 atom stereocenters. The van der Waals surface area contributed by atoms with Gasteiger partial charge in [-0.05, 0) is 17.7 Å². The predicted molar refractivity (Wildman–Crippen MR) is 108 cm³/mol. The van der Waals surface area contributed by atoms with Gasteiger partial charge >= 0.3 is 6.03 Å². The molecule has 27 heavy (non-hydrogen) atoms. The summed E-state index contributed by atoms with van der Waals surface area (Å²) >= 11 is 1.46. The number of nitrogens with one attached hydrogen (secondary N) is 1. The fraction of sp³-hybridized carbons (Fsp3) is 0.389. The van der Waals surface area contributed by atoms with E-state index in [4.69, 9.17) is 0 Å². The molecular formula is C18H23N7OS. The normalized spacial score (nSPS) is 15.4. The Balaban J connectivity index is 1.34. The van der Waals surface area contributed by atoms with E-state index in [2.05, 4.69) is 38.0 Å². The molecule has 142 valence electrons. The number of rotatable bonds is 4. The topological polar surface area (TPSA) is 71.2 Å². The molecule has 3 aromatic rings. The van der Waals surface area contributed by atoms with Gasteiger partial charge in [0.1, 0.15) is 0 Å². The van der Waals surface area contributed by atoms with Crippen LogP contribution in [0.4, 0.5) is 10.6 Å². The molecule has 0 spiro atoms. The van der Waals surface area contributed by atoms with Gasteiger partial charge in [0, 0.05) is 63.7 Å². The number of fused-ring (bicyclic) bond motifs is 1. The first kappa shape index (κ1) is 17.9. The first-order chi connectivity index (χ1) is 13.1. The van der Waals surface area contributed by atoms with E-state index in [1.54, 1.807) is 12.3 Å². The number of nitrogens with zero attached hydrogens (tertiary/aromatic N) is 6. The first-order valence-corrected chi connectivity index (χ1v) is 10.1. The molecule has 0 radical (unpaired) electrons. The minimum Gasteiger partial charge on any atom is -0.320 e. The number of anilines is 1. The lowest BCUT2D eigenvalue weighted by Gasteiger charge is -2.34. The largest absolute Gasteiger partial charge is 0.344 e.